The average Bonchev–Trinajstić information content (AvgIpc) is 0.907. The fourth-order valence-electron chi connectivity index (χ4n) is 11.8. The van der Waals surface area contributed by atoms with Gasteiger partial charge in [0.25, 0.3) is 0 Å². The standard InChI is InChI=1S/C105H172O40S/c106-26-27-108-28-29-109-30-31-110-32-33-111-34-35-112-36-37-113-38-39-114-40-41-115-42-43-116-44-45-117-46-47-118-48-49-119-50-51-120-52-53-121-54-55-122-56-57-123-58-59-124-60-61-125-62-63-126-64-65-127-66-67-128-68-69-129-70-71-130-72-73-131-74-75-132-76-77-133-78-79-134-80-81-135-82-83-136-84-85-137-101(88-138-96-16-6-1-7-17-96)89-144-102(90-139-97-18-8-2-9-19-97)92-142-100(86-107)87-143-103(91-140-98-20-10-3-11-21-98)93-145-104(94-141-99-22-12-4-13-23-99)95-146-105-24-14-5-15-25-105/h1-25,100-104,106-107H,26-95H2. The van der Waals surface area contributed by atoms with Crippen LogP contribution in [-0.4, -0.2) is 502 Å². The molecule has 0 saturated heterocycles. The van der Waals surface area contributed by atoms with Crippen LogP contribution in [0.1, 0.15) is 0 Å². The highest BCUT2D eigenvalue weighted by atomic mass is 32.2. The Morgan fingerprint density at radius 2 is 0.301 bits per heavy atom. The summed E-state index contributed by atoms with van der Waals surface area (Å²) in [5.74, 6) is 3.43. The fraction of sp³-hybridized carbons (Fsp3) is 0.714. The molecule has 0 amide bonds. The third kappa shape index (κ3) is 87.7. The number of thioether (sulfide) groups is 1. The van der Waals surface area contributed by atoms with Crippen molar-refractivity contribution in [2.75, 3.05) is 462 Å². The molecule has 5 aromatic carbocycles. The van der Waals surface area contributed by atoms with Gasteiger partial charge < -0.3 is 190 Å². The number of aliphatic hydroxyl groups excluding tert-OH is 2. The Morgan fingerprint density at radius 3 is 0.493 bits per heavy atom. The van der Waals surface area contributed by atoms with Crippen LogP contribution in [0.4, 0.5) is 0 Å². The number of hydrogen-bond acceptors (Lipinski definition) is 41. The van der Waals surface area contributed by atoms with E-state index in [0.717, 1.165) is 10.6 Å². The Labute approximate surface area is 869 Å². The molecule has 41 heteroatoms. The van der Waals surface area contributed by atoms with Gasteiger partial charge in [-0.1, -0.05) is 91.0 Å². The Bertz CT molecular complexity index is 3330. The van der Waals surface area contributed by atoms with Gasteiger partial charge in [-0.05, 0) is 60.7 Å². The smallest absolute Gasteiger partial charge is 0.119 e. The highest BCUT2D eigenvalue weighted by Gasteiger charge is 2.24. The van der Waals surface area contributed by atoms with Crippen molar-refractivity contribution in [1.29, 1.82) is 0 Å². The van der Waals surface area contributed by atoms with E-state index in [1.165, 1.54) is 0 Å². The van der Waals surface area contributed by atoms with Crippen molar-refractivity contribution in [2.24, 2.45) is 0 Å². The highest BCUT2D eigenvalue weighted by molar-refractivity contribution is 7.99. The van der Waals surface area contributed by atoms with Gasteiger partial charge in [-0.3, -0.25) is 0 Å². The van der Waals surface area contributed by atoms with E-state index < -0.39 is 24.4 Å². The Balaban J connectivity index is 0.686. The minimum Gasteiger partial charge on any atom is -0.491 e. The molecule has 40 nitrogen and oxygen atoms in total. The SMILES string of the molecule is OCCOCCOCCOCCOCCOCCOCCOCCOCCOCCOCCOCCOCCOCCOCCOCCOCCOCCOCCOCCOCCOCCOCCOCCOCCOCCOCCOCCOCCOCCOC(COc1ccccc1)COC(COc1ccccc1)COC(CO)COC(COc1ccccc1)COC(COc1ccccc1)CSc1ccccc1. The molecule has 5 rings (SSSR count). The molecule has 2 N–H and O–H groups in total. The average molecular weight is 2110 g/mol. The van der Waals surface area contributed by atoms with E-state index in [4.69, 9.17) is 185 Å². The normalized spacial score (nSPS) is 12.7. The molecule has 0 heterocycles. The maximum Gasteiger partial charge on any atom is 0.119 e. The molecule has 0 aliphatic rings. The first-order valence-corrected chi connectivity index (χ1v) is 52.1. The van der Waals surface area contributed by atoms with E-state index in [-0.39, 0.29) is 72.2 Å². The van der Waals surface area contributed by atoms with Gasteiger partial charge in [0, 0.05) is 10.6 Å². The van der Waals surface area contributed by atoms with Crippen molar-refractivity contribution in [3.8, 4) is 23.0 Å². The second-order valence-corrected chi connectivity index (χ2v) is 32.2. The molecule has 0 aliphatic heterocycles. The van der Waals surface area contributed by atoms with Crippen molar-refractivity contribution in [3.05, 3.63) is 152 Å². The number of rotatable bonds is 118. The number of hydrogen-bond donors (Lipinski definition) is 2. The number of aliphatic hydroxyl groups is 2. The summed E-state index contributed by atoms with van der Waals surface area (Å²) in [6.45, 7) is 27.8. The van der Waals surface area contributed by atoms with Crippen LogP contribution in [0.3, 0.4) is 0 Å². The summed E-state index contributed by atoms with van der Waals surface area (Å²) in [4.78, 5) is 1.12. The molecule has 0 fully saturated rings. The van der Waals surface area contributed by atoms with E-state index in [1.807, 2.05) is 140 Å². The van der Waals surface area contributed by atoms with Crippen molar-refractivity contribution in [3.63, 3.8) is 0 Å². The van der Waals surface area contributed by atoms with E-state index >= 15 is 0 Å². The first kappa shape index (κ1) is 131. The molecule has 0 bridgehead atoms. The molecule has 0 saturated carbocycles. The summed E-state index contributed by atoms with van der Waals surface area (Å²) in [5, 5.41) is 19.3. The summed E-state index contributed by atoms with van der Waals surface area (Å²) < 4.78 is 218. The zero-order chi connectivity index (χ0) is 103. The van der Waals surface area contributed by atoms with Crippen LogP contribution in [0.2, 0.25) is 0 Å². The minimum atomic E-state index is -0.728. The van der Waals surface area contributed by atoms with Gasteiger partial charge in [0.1, 0.15) is 79.9 Å². The second kappa shape index (κ2) is 106. The van der Waals surface area contributed by atoms with Gasteiger partial charge in [-0.25, -0.2) is 0 Å². The van der Waals surface area contributed by atoms with E-state index in [9.17, 15) is 5.11 Å². The molecule has 838 valence electrons. The minimum absolute atomic E-state index is 0.0134. The summed E-state index contributed by atoms with van der Waals surface area (Å²) in [7, 11) is 0. The van der Waals surface area contributed by atoms with Crippen LogP contribution in [0, 0.1) is 0 Å². The van der Waals surface area contributed by atoms with E-state index in [0.29, 0.717) is 413 Å². The van der Waals surface area contributed by atoms with Gasteiger partial charge in [-0.2, -0.15) is 0 Å². The van der Waals surface area contributed by atoms with E-state index in [1.54, 1.807) is 11.8 Å². The number of benzene rings is 5. The van der Waals surface area contributed by atoms with Crippen molar-refractivity contribution >= 4 is 11.8 Å². The van der Waals surface area contributed by atoms with Crippen molar-refractivity contribution in [1.82, 2.24) is 0 Å². The van der Waals surface area contributed by atoms with Crippen molar-refractivity contribution < 1.29 is 190 Å². The Hall–Kier alpha value is -5.79. The van der Waals surface area contributed by atoms with Crippen molar-refractivity contribution in [2.45, 2.75) is 35.4 Å². The predicted octanol–water partition coefficient (Wildman–Crippen LogP) is 7.49. The summed E-state index contributed by atoms with van der Waals surface area (Å²) in [5.41, 5.74) is 0. The predicted molar refractivity (Wildman–Crippen MR) is 542 cm³/mol. The first-order valence-electron chi connectivity index (χ1n) is 51.1. The van der Waals surface area contributed by atoms with Crippen LogP contribution >= 0.6 is 11.8 Å². The molecule has 5 aromatic rings. The Morgan fingerprint density at radius 1 is 0.151 bits per heavy atom. The second-order valence-electron chi connectivity index (χ2n) is 31.1. The molecule has 146 heavy (non-hydrogen) atoms. The molecule has 5 atom stereocenters. The topological polar surface area (TPSA) is 391 Å². The summed E-state index contributed by atoms with van der Waals surface area (Å²) >= 11 is 1.69. The molecular weight excluding hydrogens is 1930 g/mol. The molecule has 0 spiro atoms. The summed E-state index contributed by atoms with van der Waals surface area (Å²) in [6, 6.07) is 48.3. The van der Waals surface area contributed by atoms with Crippen LogP contribution in [-0.2, 0) is 161 Å². The monoisotopic (exact) mass is 2110 g/mol. The molecule has 0 aliphatic carbocycles. The lowest BCUT2D eigenvalue weighted by molar-refractivity contribution is -0.131. The number of ether oxygens (including phenoxy) is 38. The lowest BCUT2D eigenvalue weighted by Gasteiger charge is -2.26. The van der Waals surface area contributed by atoms with Crippen LogP contribution < -0.4 is 18.9 Å². The van der Waals surface area contributed by atoms with Crippen LogP contribution in [0.15, 0.2) is 157 Å². The largest absolute Gasteiger partial charge is 0.491 e. The molecular formula is C105H172O40S. The first-order chi connectivity index (χ1) is 72.7. The highest BCUT2D eigenvalue weighted by Crippen LogP contribution is 2.22. The lowest BCUT2D eigenvalue weighted by atomic mass is 10.3. The zero-order valence-electron chi connectivity index (χ0n) is 86.1. The van der Waals surface area contributed by atoms with E-state index in [2.05, 4.69) is 12.1 Å². The maximum absolute atomic E-state index is 10.7. The number of para-hydroxylation sites is 4. The summed E-state index contributed by atoms with van der Waals surface area (Å²) in [6.07, 6.45) is -2.65. The fourth-order valence-corrected chi connectivity index (χ4v) is 12.8. The maximum atomic E-state index is 10.7. The molecule has 0 aromatic heterocycles. The van der Waals surface area contributed by atoms with Gasteiger partial charge in [0.15, 0.2) is 0 Å². The van der Waals surface area contributed by atoms with Crippen LogP contribution in [0.5, 0.6) is 23.0 Å². The Kier molecular flexibility index (Phi) is 95.1. The molecule has 5 unspecified atom stereocenters. The quantitative estimate of drug-likeness (QED) is 0.0281. The van der Waals surface area contributed by atoms with Crippen LogP contribution in [0.25, 0.3) is 0 Å². The third-order valence-corrected chi connectivity index (χ3v) is 20.5. The van der Waals surface area contributed by atoms with Gasteiger partial charge in [0.05, 0.1) is 429 Å². The third-order valence-electron chi connectivity index (χ3n) is 19.4. The van der Waals surface area contributed by atoms with Gasteiger partial charge in [-0.15, -0.1) is 11.8 Å². The van der Waals surface area contributed by atoms with Gasteiger partial charge in [0.2, 0.25) is 0 Å². The zero-order valence-corrected chi connectivity index (χ0v) is 87.0. The lowest BCUT2D eigenvalue weighted by Crippen LogP contribution is -2.38. The van der Waals surface area contributed by atoms with Gasteiger partial charge >= 0.3 is 0 Å². The molecule has 0 radical (unpaired) electrons.